The molecule has 0 radical (unpaired) electrons. The molecule has 0 aliphatic carbocycles. The van der Waals surface area contributed by atoms with Crippen LogP contribution in [0, 0.1) is 0 Å². The van der Waals surface area contributed by atoms with E-state index >= 15 is 0 Å². The fourth-order valence-corrected chi connectivity index (χ4v) is 0.404. The smallest absolute Gasteiger partial charge is 0.395 e. The molecule has 60 valence electrons. The van der Waals surface area contributed by atoms with Crippen molar-refractivity contribution in [2.45, 2.75) is 12.9 Å². The van der Waals surface area contributed by atoms with Crippen LogP contribution in [0.4, 0.5) is 0 Å². The average molecular weight is 150 g/mol. The summed E-state index contributed by atoms with van der Waals surface area (Å²) < 4.78 is 8.55. The van der Waals surface area contributed by atoms with Crippen LogP contribution in [0.2, 0.25) is 0 Å². The van der Waals surface area contributed by atoms with Gasteiger partial charge < -0.3 is 19.7 Å². The monoisotopic (exact) mass is 150 g/mol. The van der Waals surface area contributed by atoms with Gasteiger partial charge in [-0.3, -0.25) is 0 Å². The lowest BCUT2D eigenvalue weighted by Gasteiger charge is -2.19. The van der Waals surface area contributed by atoms with Gasteiger partial charge in [0.1, 0.15) is 0 Å². The van der Waals surface area contributed by atoms with Crippen LogP contribution in [0.25, 0.3) is 0 Å². The van der Waals surface area contributed by atoms with Gasteiger partial charge in [-0.05, 0) is 6.92 Å². The normalized spacial score (nSPS) is 16.3. The Balaban J connectivity index is 4.08. The van der Waals surface area contributed by atoms with E-state index in [-0.39, 0.29) is 6.61 Å². The zero-order chi connectivity index (χ0) is 8.20. The number of carbonyl (C=O) groups is 1. The minimum absolute atomic E-state index is 0.0661. The van der Waals surface area contributed by atoms with E-state index in [2.05, 4.69) is 9.47 Å². The molecule has 0 aromatic heterocycles. The summed E-state index contributed by atoms with van der Waals surface area (Å²) in [6.07, 6.45) is 0. The Hall–Kier alpha value is -0.650. The van der Waals surface area contributed by atoms with Crippen LogP contribution in [0.1, 0.15) is 6.92 Å². The quantitative estimate of drug-likeness (QED) is 0.523. The first-order valence-corrected chi connectivity index (χ1v) is 2.71. The predicted octanol–water partition coefficient (Wildman–Crippen LogP) is -0.600. The molecule has 0 spiro atoms. The van der Waals surface area contributed by atoms with E-state index in [1.807, 2.05) is 0 Å². The van der Waals surface area contributed by atoms with Gasteiger partial charge in [-0.2, -0.15) is 0 Å². The third-order valence-electron chi connectivity index (χ3n) is 0.887. The van der Waals surface area contributed by atoms with Crippen LogP contribution in [-0.2, 0) is 14.3 Å². The van der Waals surface area contributed by atoms with Crippen LogP contribution in [0.3, 0.4) is 0 Å². The molecule has 5 nitrogen and oxygen atoms in total. The number of ether oxygens (including phenoxy) is 2. The first-order chi connectivity index (χ1) is 4.56. The number of rotatable bonds is 4. The largest absolute Gasteiger partial charge is 0.475 e. The van der Waals surface area contributed by atoms with E-state index in [9.17, 15) is 4.79 Å². The lowest BCUT2D eigenvalue weighted by molar-refractivity contribution is -0.332. The molecule has 1 unspecified atom stereocenters. The molecule has 0 bridgehead atoms. The zero-order valence-electron chi connectivity index (χ0n) is 5.83. The van der Waals surface area contributed by atoms with E-state index < -0.39 is 11.9 Å². The van der Waals surface area contributed by atoms with Gasteiger partial charge in [0.2, 0.25) is 0 Å². The van der Waals surface area contributed by atoms with E-state index in [0.29, 0.717) is 0 Å². The van der Waals surface area contributed by atoms with Gasteiger partial charge in [-0.1, -0.05) is 0 Å². The molecule has 0 saturated heterocycles. The zero-order valence-corrected chi connectivity index (χ0v) is 5.83. The van der Waals surface area contributed by atoms with Crippen LogP contribution in [-0.4, -0.2) is 35.9 Å². The summed E-state index contributed by atoms with van der Waals surface area (Å²) in [4.78, 5) is 10.1. The van der Waals surface area contributed by atoms with Crippen molar-refractivity contribution in [3.8, 4) is 0 Å². The highest BCUT2D eigenvalue weighted by molar-refractivity contribution is 5.73. The molecule has 0 fully saturated rings. The fourth-order valence-electron chi connectivity index (χ4n) is 0.404. The lowest BCUT2D eigenvalue weighted by atomic mass is 10.5. The second-order valence-electron chi connectivity index (χ2n) is 1.52. The molecule has 1 atom stereocenters. The third kappa shape index (κ3) is 1.94. The lowest BCUT2D eigenvalue weighted by Crippen LogP contribution is -2.43. The molecule has 0 heterocycles. The number of aliphatic hydroxyl groups is 1. The van der Waals surface area contributed by atoms with Crippen molar-refractivity contribution >= 4 is 5.97 Å². The molecule has 0 aromatic rings. The topological polar surface area (TPSA) is 76.0 Å². The molecule has 2 N–H and O–H groups in total. The highest BCUT2D eigenvalue weighted by atomic mass is 16.8. The van der Waals surface area contributed by atoms with E-state index in [0.717, 1.165) is 7.11 Å². The molecule has 0 amide bonds. The maximum Gasteiger partial charge on any atom is 0.395 e. The Morgan fingerprint density at radius 3 is 2.30 bits per heavy atom. The third-order valence-corrected chi connectivity index (χ3v) is 0.887. The Labute approximate surface area is 58.2 Å². The van der Waals surface area contributed by atoms with Crippen molar-refractivity contribution in [2.75, 3.05) is 13.7 Å². The number of hydrogen-bond donors (Lipinski definition) is 2. The van der Waals surface area contributed by atoms with Gasteiger partial charge in [0.15, 0.2) is 0 Å². The van der Waals surface area contributed by atoms with Crippen molar-refractivity contribution in [1.82, 2.24) is 0 Å². The Kier molecular flexibility index (Phi) is 3.27. The summed E-state index contributed by atoms with van der Waals surface area (Å²) in [7, 11) is 1.05. The van der Waals surface area contributed by atoms with E-state index in [1.54, 1.807) is 6.92 Å². The van der Waals surface area contributed by atoms with Gasteiger partial charge in [0.25, 0.3) is 0 Å². The molecule has 10 heavy (non-hydrogen) atoms. The maximum atomic E-state index is 10.1. The minimum Gasteiger partial charge on any atom is -0.475 e. The highest BCUT2D eigenvalue weighted by Gasteiger charge is 2.37. The van der Waals surface area contributed by atoms with Gasteiger partial charge in [-0.15, -0.1) is 0 Å². The Bertz CT molecular complexity index is 123. The second kappa shape index (κ2) is 3.50. The van der Waals surface area contributed by atoms with Crippen LogP contribution < -0.4 is 0 Å². The molecule has 0 aliphatic rings. The Morgan fingerprint density at radius 2 is 2.20 bits per heavy atom. The number of methoxy groups -OCH3 is 1. The number of aliphatic carboxylic acids is 1. The van der Waals surface area contributed by atoms with Crippen molar-refractivity contribution in [2.24, 2.45) is 0 Å². The predicted molar refractivity (Wildman–Crippen MR) is 31.2 cm³/mol. The molecule has 0 aliphatic heterocycles. The number of carboxylic acids is 1. The van der Waals surface area contributed by atoms with Crippen molar-refractivity contribution in [1.29, 1.82) is 0 Å². The first-order valence-electron chi connectivity index (χ1n) is 2.71. The summed E-state index contributed by atoms with van der Waals surface area (Å²) >= 11 is 0. The SMILES string of the molecule is CCOC(O)(OC)C(=O)O. The van der Waals surface area contributed by atoms with Crippen LogP contribution >= 0.6 is 0 Å². The van der Waals surface area contributed by atoms with Crippen molar-refractivity contribution in [3.63, 3.8) is 0 Å². The second-order valence-corrected chi connectivity index (χ2v) is 1.52. The maximum absolute atomic E-state index is 10.1. The summed E-state index contributed by atoms with van der Waals surface area (Å²) in [6.45, 7) is 1.61. The Morgan fingerprint density at radius 1 is 1.70 bits per heavy atom. The summed E-state index contributed by atoms with van der Waals surface area (Å²) in [6, 6.07) is 0. The van der Waals surface area contributed by atoms with Gasteiger partial charge >= 0.3 is 11.9 Å². The van der Waals surface area contributed by atoms with Crippen molar-refractivity contribution < 1.29 is 24.5 Å². The molecule has 5 heteroatoms. The fraction of sp³-hybridized carbons (Fsp3) is 0.800. The van der Waals surface area contributed by atoms with Gasteiger partial charge in [0.05, 0.1) is 6.61 Å². The highest BCUT2D eigenvalue weighted by Crippen LogP contribution is 2.06. The average Bonchev–Trinajstić information content (AvgIpc) is 1.88. The first kappa shape index (κ1) is 9.35. The number of carboxylic acid groups (broad SMARTS) is 1. The molecule has 0 aromatic carbocycles. The summed E-state index contributed by atoms with van der Waals surface area (Å²) in [5.41, 5.74) is 0. The van der Waals surface area contributed by atoms with E-state index in [4.69, 9.17) is 10.2 Å². The molecule has 0 rings (SSSR count). The van der Waals surface area contributed by atoms with Gasteiger partial charge in [0, 0.05) is 7.11 Å². The molecular formula is C5H10O5. The number of hydrogen-bond acceptors (Lipinski definition) is 4. The van der Waals surface area contributed by atoms with Crippen molar-refractivity contribution in [3.05, 3.63) is 0 Å². The van der Waals surface area contributed by atoms with Crippen LogP contribution in [0.15, 0.2) is 0 Å². The summed E-state index contributed by atoms with van der Waals surface area (Å²) in [5.74, 6) is -4.05. The minimum atomic E-state index is -2.49. The molecule has 0 saturated carbocycles. The van der Waals surface area contributed by atoms with Gasteiger partial charge in [-0.25, -0.2) is 4.79 Å². The van der Waals surface area contributed by atoms with E-state index in [1.165, 1.54) is 0 Å². The molecular weight excluding hydrogens is 140 g/mol. The summed E-state index contributed by atoms with van der Waals surface area (Å²) in [5, 5.41) is 17.1. The standard InChI is InChI=1S/C5H10O5/c1-3-10-5(8,9-2)4(6)7/h8H,3H2,1-2H3,(H,6,7). The van der Waals surface area contributed by atoms with Crippen LogP contribution in [0.5, 0.6) is 0 Å².